The van der Waals surface area contributed by atoms with Gasteiger partial charge in [0.05, 0.1) is 6.20 Å². The van der Waals surface area contributed by atoms with E-state index in [1.165, 1.54) is 0 Å². The number of nitrogens with one attached hydrogen (secondary N) is 1. The average Bonchev–Trinajstić information content (AvgIpc) is 3.15. The number of anilines is 1. The summed E-state index contributed by atoms with van der Waals surface area (Å²) < 4.78 is 41.4. The summed E-state index contributed by atoms with van der Waals surface area (Å²) in [4.78, 5) is 15.4. The Balaban J connectivity index is 2.24. The minimum absolute atomic E-state index is 0.0324. The molecule has 0 aliphatic heterocycles. The van der Waals surface area contributed by atoms with Crippen molar-refractivity contribution in [3.05, 3.63) is 22.5 Å². The summed E-state index contributed by atoms with van der Waals surface area (Å²) in [6.45, 7) is 0.706. The summed E-state index contributed by atoms with van der Waals surface area (Å²) in [6, 6.07) is 0. The van der Waals surface area contributed by atoms with Crippen molar-refractivity contribution in [2.45, 2.75) is 50.7 Å². The molecule has 0 saturated heterocycles. The van der Waals surface area contributed by atoms with Crippen molar-refractivity contribution in [2.24, 2.45) is 0 Å². The number of hydrogen-bond donors (Lipinski definition) is 2. The minimum Gasteiger partial charge on any atom is -0.477 e. The van der Waals surface area contributed by atoms with Gasteiger partial charge in [-0.3, -0.25) is 0 Å². The maximum absolute atomic E-state index is 14.3. The van der Waals surface area contributed by atoms with Gasteiger partial charge in [-0.2, -0.15) is 9.61 Å². The Morgan fingerprint density at radius 1 is 1.48 bits per heavy atom. The lowest BCUT2D eigenvalue weighted by Gasteiger charge is -2.26. The topological polar surface area (TPSA) is 79.5 Å². The summed E-state index contributed by atoms with van der Waals surface area (Å²) in [5.74, 6) is -4.51. The third-order valence-electron chi connectivity index (χ3n) is 4.40. The number of halogens is 4. The number of carbonyl (C=O) groups is 1. The smallest absolute Gasteiger partial charge is 0.341 e. The quantitative estimate of drug-likeness (QED) is 0.606. The maximum atomic E-state index is 14.3. The van der Waals surface area contributed by atoms with E-state index in [0.29, 0.717) is 12.5 Å². The van der Waals surface area contributed by atoms with E-state index >= 15 is 0 Å². The third-order valence-corrected chi connectivity index (χ3v) is 4.69. The molecule has 3 rings (SSSR count). The van der Waals surface area contributed by atoms with Crippen LogP contribution >= 0.6 is 11.6 Å². The highest BCUT2D eigenvalue weighted by Crippen LogP contribution is 2.42. The number of alkyl halides is 3. The second-order valence-corrected chi connectivity index (χ2v) is 6.60. The molecule has 6 nitrogen and oxygen atoms in total. The number of fused-ring (bicyclic) bond motifs is 1. The Morgan fingerprint density at radius 2 is 2.12 bits per heavy atom. The zero-order chi connectivity index (χ0) is 18.4. The number of carboxylic acid groups (broad SMARTS) is 1. The molecule has 2 heterocycles. The molecule has 0 amide bonds. The van der Waals surface area contributed by atoms with Crippen LogP contribution in [0.25, 0.3) is 5.65 Å². The number of nitrogens with zero attached hydrogens (tertiary/aromatic N) is 3. The molecule has 2 aromatic rings. The first-order valence-electron chi connectivity index (χ1n) is 7.78. The molecule has 25 heavy (non-hydrogen) atoms. The van der Waals surface area contributed by atoms with E-state index in [9.17, 15) is 23.1 Å². The fraction of sp³-hybridized carbons (Fsp3) is 0.533. The zero-order valence-electron chi connectivity index (χ0n) is 13.3. The molecule has 0 spiro atoms. The highest BCUT2D eigenvalue weighted by Gasteiger charge is 2.38. The van der Waals surface area contributed by atoms with Crippen LogP contribution < -0.4 is 5.32 Å². The Hall–Kier alpha value is -2.03. The molecular formula is C15H16ClF3N4O2. The van der Waals surface area contributed by atoms with E-state index in [1.54, 1.807) is 0 Å². The molecule has 10 heteroatoms. The molecule has 0 unspecified atom stereocenters. The second kappa shape index (κ2) is 6.36. The van der Waals surface area contributed by atoms with Gasteiger partial charge in [0.15, 0.2) is 5.65 Å². The zero-order valence-corrected chi connectivity index (χ0v) is 14.0. The molecule has 1 atom stereocenters. The molecule has 0 radical (unpaired) electrons. The van der Waals surface area contributed by atoms with Crippen LogP contribution in [0.15, 0.2) is 6.20 Å². The van der Waals surface area contributed by atoms with E-state index in [0.717, 1.165) is 36.4 Å². The van der Waals surface area contributed by atoms with Crippen molar-refractivity contribution in [1.29, 1.82) is 0 Å². The lowest BCUT2D eigenvalue weighted by Crippen LogP contribution is -2.38. The van der Waals surface area contributed by atoms with Gasteiger partial charge in [-0.05, 0) is 25.7 Å². The van der Waals surface area contributed by atoms with Gasteiger partial charge in [0, 0.05) is 5.56 Å². The molecule has 0 aromatic carbocycles. The number of aromatic nitrogens is 3. The molecular weight excluding hydrogens is 361 g/mol. The van der Waals surface area contributed by atoms with Crippen molar-refractivity contribution in [1.82, 2.24) is 14.6 Å². The number of rotatable bonds is 5. The summed E-state index contributed by atoms with van der Waals surface area (Å²) in [5.41, 5.74) is 0.00331. The van der Waals surface area contributed by atoms with Gasteiger partial charge in [0.1, 0.15) is 16.5 Å². The average molecular weight is 377 g/mol. The fourth-order valence-electron chi connectivity index (χ4n) is 3.11. The summed E-state index contributed by atoms with van der Waals surface area (Å²) in [7, 11) is 0. The van der Waals surface area contributed by atoms with Crippen LogP contribution in [0.1, 0.15) is 54.4 Å². The predicted octanol–water partition coefficient (Wildman–Crippen LogP) is 4.10. The Kier molecular flexibility index (Phi) is 4.52. The van der Waals surface area contributed by atoms with Crippen molar-refractivity contribution in [2.75, 3.05) is 5.32 Å². The molecule has 1 aliphatic carbocycles. The highest BCUT2D eigenvalue weighted by atomic mass is 35.5. The van der Waals surface area contributed by atoms with Crippen LogP contribution in [-0.2, 0) is 0 Å². The normalized spacial score (nSPS) is 18.0. The van der Waals surface area contributed by atoms with Crippen LogP contribution in [0.5, 0.6) is 0 Å². The number of aromatic carboxylic acids is 1. The van der Waals surface area contributed by atoms with E-state index in [1.807, 2.05) is 0 Å². The Bertz CT molecular complexity index is 819. The van der Waals surface area contributed by atoms with Crippen LogP contribution in [-0.4, -0.2) is 37.9 Å². The van der Waals surface area contributed by atoms with E-state index in [4.69, 9.17) is 11.6 Å². The molecule has 2 aromatic heterocycles. The van der Waals surface area contributed by atoms with Crippen molar-refractivity contribution in [3.8, 4) is 0 Å². The predicted molar refractivity (Wildman–Crippen MR) is 85.3 cm³/mol. The molecule has 1 aliphatic rings. The lowest BCUT2D eigenvalue weighted by atomic mass is 9.99. The maximum Gasteiger partial charge on any atom is 0.341 e. The van der Waals surface area contributed by atoms with Crippen LogP contribution in [0.3, 0.4) is 0 Å². The largest absolute Gasteiger partial charge is 0.477 e. The lowest BCUT2D eigenvalue weighted by molar-refractivity contribution is -0.00304. The van der Waals surface area contributed by atoms with Gasteiger partial charge in [-0.1, -0.05) is 24.4 Å². The van der Waals surface area contributed by atoms with Gasteiger partial charge in [0.25, 0.3) is 6.43 Å². The number of hydrogen-bond acceptors (Lipinski definition) is 4. The summed E-state index contributed by atoms with van der Waals surface area (Å²) in [5, 5.41) is 15.2. The Labute approximate surface area is 146 Å². The van der Waals surface area contributed by atoms with E-state index in [-0.39, 0.29) is 28.1 Å². The highest BCUT2D eigenvalue weighted by molar-refractivity contribution is 6.30. The minimum atomic E-state index is -3.31. The van der Waals surface area contributed by atoms with E-state index in [2.05, 4.69) is 15.4 Å². The third kappa shape index (κ3) is 3.12. The molecule has 0 bridgehead atoms. The second-order valence-electron chi connectivity index (χ2n) is 6.25. The van der Waals surface area contributed by atoms with Gasteiger partial charge < -0.3 is 10.4 Å². The van der Waals surface area contributed by atoms with Crippen molar-refractivity contribution >= 4 is 29.0 Å². The first kappa shape index (κ1) is 17.8. The Morgan fingerprint density at radius 3 is 2.68 bits per heavy atom. The van der Waals surface area contributed by atoms with Gasteiger partial charge in [0.2, 0.25) is 5.79 Å². The fourth-order valence-corrected chi connectivity index (χ4v) is 3.44. The van der Waals surface area contributed by atoms with Crippen LogP contribution in [0.4, 0.5) is 19.0 Å². The first-order chi connectivity index (χ1) is 11.7. The summed E-state index contributed by atoms with van der Waals surface area (Å²) in [6.07, 6.45) is 1.10. The van der Waals surface area contributed by atoms with Crippen molar-refractivity contribution in [3.63, 3.8) is 0 Å². The molecule has 2 N–H and O–H groups in total. The van der Waals surface area contributed by atoms with E-state index < -0.39 is 18.2 Å². The van der Waals surface area contributed by atoms with Crippen LogP contribution in [0, 0.1) is 0 Å². The van der Waals surface area contributed by atoms with Crippen LogP contribution in [0.2, 0.25) is 5.15 Å². The summed E-state index contributed by atoms with van der Waals surface area (Å²) >= 11 is 6.24. The SMILES string of the molecule is C[C@@](F)(Nc1c(C2CCCC2)c(Cl)nc2c(C(=O)O)cnn12)C(F)F. The monoisotopic (exact) mass is 376 g/mol. The molecule has 1 saturated carbocycles. The van der Waals surface area contributed by atoms with Gasteiger partial charge >= 0.3 is 5.97 Å². The number of carboxylic acids is 1. The molecule has 1 fully saturated rings. The van der Waals surface area contributed by atoms with Crippen molar-refractivity contribution < 1.29 is 23.1 Å². The van der Waals surface area contributed by atoms with Gasteiger partial charge in [-0.25, -0.2) is 22.9 Å². The first-order valence-corrected chi connectivity index (χ1v) is 8.16. The van der Waals surface area contributed by atoms with Gasteiger partial charge in [-0.15, -0.1) is 0 Å². The standard InChI is InChI=1S/C15H16ClF3N4O2/c1-15(19,14(17)18)22-12-9(7-4-2-3-5-7)10(16)21-11-8(13(24)25)6-20-23(11)12/h6-7,14,22H,2-5H2,1H3,(H,24,25)/t15-/m1/s1. The molecule has 136 valence electrons.